The van der Waals surface area contributed by atoms with Gasteiger partial charge >= 0.3 is 5.97 Å². The lowest BCUT2D eigenvalue weighted by Gasteiger charge is -2.60. The van der Waals surface area contributed by atoms with Gasteiger partial charge in [0, 0.05) is 35.6 Å². The molecule has 26 heavy (non-hydrogen) atoms. The summed E-state index contributed by atoms with van der Waals surface area (Å²) in [5.74, 6) is -0.154. The molecule has 0 aromatic heterocycles. The van der Waals surface area contributed by atoms with Gasteiger partial charge in [0.15, 0.2) is 0 Å². The number of carbonyl (C=O) groups excluding carboxylic acids is 1. The normalized spacial score (nSPS) is 50.5. The number of nitrogens with one attached hydrogen (secondary N) is 1. The lowest BCUT2D eigenvalue weighted by Crippen LogP contribution is -2.71. The summed E-state index contributed by atoms with van der Waals surface area (Å²) in [5.41, 5.74) is 2.34. The number of esters is 1. The molecular formula is C21H24N2O3. The number of para-hydroxylation sites is 1. The van der Waals surface area contributed by atoms with Crippen LogP contribution in [0, 0.1) is 11.3 Å². The number of carbonyl (C=O) groups is 1. The molecule has 5 fully saturated rings. The fraction of sp³-hybridized carbons (Fsp3) is 0.571. The lowest BCUT2D eigenvalue weighted by atomic mass is 9.58. The second-order valence-corrected chi connectivity index (χ2v) is 8.65. The Morgan fingerprint density at radius 3 is 3.00 bits per heavy atom. The molecule has 1 aromatic rings. The van der Waals surface area contributed by atoms with E-state index in [0.29, 0.717) is 6.04 Å². The first kappa shape index (κ1) is 15.2. The smallest absolute Gasteiger partial charge is 0.316 e. The highest BCUT2D eigenvalue weighted by Gasteiger charge is 2.82. The molecule has 7 rings (SSSR count). The van der Waals surface area contributed by atoms with Crippen LogP contribution in [0.3, 0.4) is 0 Å². The van der Waals surface area contributed by atoms with Gasteiger partial charge < -0.3 is 15.2 Å². The number of allylic oxidation sites excluding steroid dienone is 1. The van der Waals surface area contributed by atoms with Gasteiger partial charge in [0.25, 0.3) is 0 Å². The van der Waals surface area contributed by atoms with Crippen molar-refractivity contribution in [3.63, 3.8) is 0 Å². The highest BCUT2D eigenvalue weighted by molar-refractivity contribution is 5.84. The number of aliphatic hydroxyl groups is 1. The average Bonchev–Trinajstić information content (AvgIpc) is 3.13. The first-order valence-corrected chi connectivity index (χ1v) is 9.64. The summed E-state index contributed by atoms with van der Waals surface area (Å²) in [6.45, 7) is 2.96. The fourth-order valence-corrected chi connectivity index (χ4v) is 7.49. The number of nitrogens with zero attached hydrogens (tertiary/aromatic N) is 1. The molecule has 6 aliphatic rings. The number of ether oxygens (including phenoxy) is 1. The van der Waals surface area contributed by atoms with Gasteiger partial charge in [-0.25, -0.2) is 0 Å². The number of hydrogen-bond acceptors (Lipinski definition) is 5. The molecule has 1 aliphatic carbocycles. The summed E-state index contributed by atoms with van der Waals surface area (Å²) in [4.78, 5) is 15.7. The highest BCUT2D eigenvalue weighted by Crippen LogP contribution is 2.71. The maximum atomic E-state index is 13.2. The Morgan fingerprint density at radius 2 is 2.23 bits per heavy atom. The molecule has 5 heterocycles. The van der Waals surface area contributed by atoms with E-state index in [2.05, 4.69) is 35.3 Å². The first-order valence-electron chi connectivity index (χ1n) is 9.64. The summed E-state index contributed by atoms with van der Waals surface area (Å²) in [6, 6.07) is 8.89. The van der Waals surface area contributed by atoms with Crippen LogP contribution in [0.5, 0.6) is 0 Å². The topological polar surface area (TPSA) is 61.8 Å². The molecular weight excluding hydrogens is 328 g/mol. The van der Waals surface area contributed by atoms with E-state index < -0.39 is 16.9 Å². The maximum Gasteiger partial charge on any atom is 0.316 e. The molecule has 0 radical (unpaired) electrons. The third-order valence-electron chi connectivity index (χ3n) is 8.30. The predicted molar refractivity (Wildman–Crippen MR) is 96.7 cm³/mol. The molecule has 0 amide bonds. The van der Waals surface area contributed by atoms with Crippen LogP contribution in [0.15, 0.2) is 35.9 Å². The van der Waals surface area contributed by atoms with Crippen LogP contribution in [-0.4, -0.2) is 53.9 Å². The van der Waals surface area contributed by atoms with E-state index >= 15 is 0 Å². The van der Waals surface area contributed by atoms with Crippen molar-refractivity contribution >= 4 is 11.7 Å². The average molecular weight is 352 g/mol. The van der Waals surface area contributed by atoms with E-state index in [9.17, 15) is 9.90 Å². The third kappa shape index (κ3) is 1.28. The van der Waals surface area contributed by atoms with E-state index in [1.807, 2.05) is 12.1 Å². The van der Waals surface area contributed by atoms with E-state index in [0.717, 1.165) is 25.1 Å². The number of hydrogen-bond donors (Lipinski definition) is 2. The van der Waals surface area contributed by atoms with Crippen molar-refractivity contribution in [1.29, 1.82) is 0 Å². The van der Waals surface area contributed by atoms with Crippen LogP contribution in [0.2, 0.25) is 0 Å². The SMILES string of the molecule is C/C=C1/CN2C3CC1[C@]1(C(=O)OC)C(O)[C@@]4(C[C@@H]21)c1ccccc1NC34. The summed E-state index contributed by atoms with van der Waals surface area (Å²) < 4.78 is 5.34. The van der Waals surface area contributed by atoms with Gasteiger partial charge in [-0.15, -0.1) is 0 Å². The Hall–Kier alpha value is -1.85. The monoisotopic (exact) mass is 352 g/mol. The first-order chi connectivity index (χ1) is 12.6. The number of benzene rings is 1. The number of rotatable bonds is 1. The van der Waals surface area contributed by atoms with Gasteiger partial charge in [-0.1, -0.05) is 29.8 Å². The number of anilines is 1. The van der Waals surface area contributed by atoms with Gasteiger partial charge in [-0.3, -0.25) is 9.69 Å². The van der Waals surface area contributed by atoms with E-state index in [-0.39, 0.29) is 24.0 Å². The standard InChI is InChI=1S/C21H24N2O3/c1-3-11-10-23-15-8-13(11)21(19(25)26-2)16(23)9-20(18(21)24)12-6-4-5-7-14(12)22-17(15)20/h3-7,13,15-18,22,24H,8-10H2,1-2H3/b11-3-/t13?,15?,16-,17?,18?,20+,21-/m1/s1. The zero-order valence-corrected chi connectivity index (χ0v) is 15.1. The minimum atomic E-state index is -0.848. The zero-order chi connectivity index (χ0) is 17.8. The van der Waals surface area contributed by atoms with Crippen LogP contribution in [0.1, 0.15) is 25.3 Å². The number of piperidine rings is 4. The van der Waals surface area contributed by atoms with E-state index in [1.165, 1.54) is 18.2 Å². The molecule has 5 nitrogen and oxygen atoms in total. The number of methoxy groups -OCH3 is 1. The summed E-state index contributed by atoms with van der Waals surface area (Å²) in [6.07, 6.45) is 3.15. The van der Waals surface area contributed by atoms with Crippen LogP contribution in [0.4, 0.5) is 5.69 Å². The second kappa shape index (κ2) is 4.52. The molecule has 1 spiro atoms. The van der Waals surface area contributed by atoms with Crippen LogP contribution < -0.4 is 5.32 Å². The Labute approximate surface area is 153 Å². The highest BCUT2D eigenvalue weighted by atomic mass is 16.5. The molecule has 1 aromatic carbocycles. The van der Waals surface area contributed by atoms with Crippen molar-refractivity contribution in [1.82, 2.24) is 4.90 Å². The molecule has 5 unspecified atom stereocenters. The van der Waals surface area contributed by atoms with Crippen LogP contribution in [-0.2, 0) is 14.9 Å². The maximum absolute atomic E-state index is 13.2. The Balaban J connectivity index is 1.65. The van der Waals surface area contributed by atoms with Crippen molar-refractivity contribution < 1.29 is 14.6 Å². The molecule has 5 aliphatic heterocycles. The third-order valence-corrected chi connectivity index (χ3v) is 8.30. The van der Waals surface area contributed by atoms with Crippen LogP contribution in [0.25, 0.3) is 0 Å². The second-order valence-electron chi connectivity index (χ2n) is 8.65. The molecule has 1 saturated carbocycles. The number of fused-ring (bicyclic) bond motifs is 2. The van der Waals surface area contributed by atoms with Gasteiger partial charge in [-0.2, -0.15) is 0 Å². The van der Waals surface area contributed by atoms with E-state index in [1.54, 1.807) is 0 Å². The van der Waals surface area contributed by atoms with Gasteiger partial charge in [-0.05, 0) is 31.4 Å². The Morgan fingerprint density at radius 1 is 1.42 bits per heavy atom. The summed E-state index contributed by atoms with van der Waals surface area (Å²) in [5, 5.41) is 15.6. The minimum Gasteiger partial charge on any atom is -0.468 e. The van der Waals surface area contributed by atoms with Crippen molar-refractivity contribution in [3.05, 3.63) is 41.5 Å². The lowest BCUT2D eigenvalue weighted by molar-refractivity contribution is -0.179. The van der Waals surface area contributed by atoms with Gasteiger partial charge in [0.1, 0.15) is 5.41 Å². The predicted octanol–water partition coefficient (Wildman–Crippen LogP) is 1.68. The molecule has 4 saturated heterocycles. The van der Waals surface area contributed by atoms with Gasteiger partial charge in [0.2, 0.25) is 0 Å². The molecule has 8 atom stereocenters. The molecule has 136 valence electrons. The van der Waals surface area contributed by atoms with Crippen molar-refractivity contribution in [2.45, 2.75) is 49.4 Å². The van der Waals surface area contributed by atoms with Gasteiger partial charge in [0.05, 0.1) is 19.3 Å². The van der Waals surface area contributed by atoms with Crippen molar-refractivity contribution in [2.75, 3.05) is 19.0 Å². The molecule has 5 heteroatoms. The summed E-state index contributed by atoms with van der Waals surface area (Å²) in [7, 11) is 1.46. The largest absolute Gasteiger partial charge is 0.468 e. The summed E-state index contributed by atoms with van der Waals surface area (Å²) >= 11 is 0. The van der Waals surface area contributed by atoms with Crippen molar-refractivity contribution in [3.8, 4) is 0 Å². The Kier molecular flexibility index (Phi) is 2.65. The van der Waals surface area contributed by atoms with Crippen LogP contribution >= 0.6 is 0 Å². The van der Waals surface area contributed by atoms with E-state index in [4.69, 9.17) is 4.74 Å². The number of aliphatic hydroxyl groups excluding tert-OH is 1. The Bertz CT molecular complexity index is 867. The quantitative estimate of drug-likeness (QED) is 0.595. The molecule has 5 bridgehead atoms. The fourth-order valence-electron chi connectivity index (χ4n) is 7.49. The minimum absolute atomic E-state index is 0.0570. The zero-order valence-electron chi connectivity index (χ0n) is 15.1. The van der Waals surface area contributed by atoms with Crippen molar-refractivity contribution in [2.24, 2.45) is 11.3 Å². The molecule has 2 N–H and O–H groups in total.